The van der Waals surface area contributed by atoms with Crippen LogP contribution in [-0.4, -0.2) is 28.5 Å². The molecule has 0 atom stereocenters. The minimum Gasteiger partial charge on any atom is -0.465 e. The van der Waals surface area contributed by atoms with Crippen LogP contribution in [0.3, 0.4) is 0 Å². The molecule has 0 saturated carbocycles. The number of thiophene rings is 1. The fourth-order valence-electron chi connectivity index (χ4n) is 3.33. The van der Waals surface area contributed by atoms with Crippen molar-refractivity contribution in [2.75, 3.05) is 12.4 Å². The second-order valence-corrected chi connectivity index (χ2v) is 7.89. The average molecular weight is 433 g/mol. The lowest BCUT2D eigenvalue weighted by Crippen LogP contribution is -2.21. The van der Waals surface area contributed by atoms with Crippen molar-refractivity contribution in [1.82, 2.24) is 9.55 Å². The van der Waals surface area contributed by atoms with Gasteiger partial charge in [-0.1, -0.05) is 42.5 Å². The Bertz CT molecular complexity index is 1340. The number of methoxy groups -OCH3 is 1. The van der Waals surface area contributed by atoms with E-state index in [1.54, 1.807) is 31.2 Å². The Kier molecular flexibility index (Phi) is 5.64. The molecule has 0 radical (unpaired) electrons. The van der Waals surface area contributed by atoms with E-state index < -0.39 is 11.9 Å². The molecule has 1 amide bonds. The lowest BCUT2D eigenvalue weighted by Gasteiger charge is -2.09. The van der Waals surface area contributed by atoms with E-state index in [2.05, 4.69) is 10.3 Å². The number of ether oxygens (including phenoxy) is 1. The van der Waals surface area contributed by atoms with Gasteiger partial charge in [0, 0.05) is 0 Å². The molecule has 0 bridgehead atoms. The summed E-state index contributed by atoms with van der Waals surface area (Å²) in [4.78, 5) is 43.3. The number of anilines is 1. The maximum atomic E-state index is 13.1. The van der Waals surface area contributed by atoms with Crippen LogP contribution in [0.1, 0.15) is 31.2 Å². The van der Waals surface area contributed by atoms with Crippen molar-refractivity contribution in [3.63, 3.8) is 0 Å². The summed E-state index contributed by atoms with van der Waals surface area (Å²) >= 11 is 1.15. The fourth-order valence-corrected chi connectivity index (χ4v) is 4.36. The van der Waals surface area contributed by atoms with Crippen molar-refractivity contribution < 1.29 is 14.3 Å². The van der Waals surface area contributed by atoms with Gasteiger partial charge in [0.05, 0.1) is 41.5 Å². The van der Waals surface area contributed by atoms with Crippen LogP contribution in [0.4, 0.5) is 5.69 Å². The first-order chi connectivity index (χ1) is 15.0. The number of nitrogens with zero attached hydrogens (tertiary/aromatic N) is 2. The van der Waals surface area contributed by atoms with Crippen molar-refractivity contribution in [3.8, 4) is 0 Å². The molecule has 156 valence electrons. The number of esters is 1. The Labute approximate surface area is 181 Å². The fraction of sp³-hybridized carbons (Fsp3) is 0.130. The molecule has 8 heteroatoms. The number of aromatic nitrogens is 2. The van der Waals surface area contributed by atoms with E-state index in [1.165, 1.54) is 18.0 Å². The minimum absolute atomic E-state index is 0.198. The maximum Gasteiger partial charge on any atom is 0.339 e. The van der Waals surface area contributed by atoms with Gasteiger partial charge < -0.3 is 10.1 Å². The summed E-state index contributed by atoms with van der Waals surface area (Å²) in [6.07, 6.45) is 1.50. The molecular weight excluding hydrogens is 414 g/mol. The number of hydrogen-bond acceptors (Lipinski definition) is 6. The molecule has 2 heterocycles. The number of rotatable bonds is 5. The lowest BCUT2D eigenvalue weighted by atomic mass is 10.1. The summed E-state index contributed by atoms with van der Waals surface area (Å²) in [5, 5.41) is 3.18. The summed E-state index contributed by atoms with van der Waals surface area (Å²) in [5.41, 5.74) is 1.94. The highest BCUT2D eigenvalue weighted by Gasteiger charge is 2.21. The van der Waals surface area contributed by atoms with E-state index in [1.807, 2.05) is 30.3 Å². The van der Waals surface area contributed by atoms with Crippen LogP contribution in [0.5, 0.6) is 0 Å². The largest absolute Gasteiger partial charge is 0.465 e. The van der Waals surface area contributed by atoms with Crippen LogP contribution in [0.2, 0.25) is 0 Å². The molecule has 31 heavy (non-hydrogen) atoms. The van der Waals surface area contributed by atoms with Gasteiger partial charge in [-0.15, -0.1) is 11.3 Å². The van der Waals surface area contributed by atoms with Gasteiger partial charge in [0.1, 0.15) is 4.83 Å². The molecule has 0 spiro atoms. The zero-order valence-electron chi connectivity index (χ0n) is 16.9. The van der Waals surface area contributed by atoms with E-state index in [0.717, 1.165) is 16.9 Å². The maximum absolute atomic E-state index is 13.1. The van der Waals surface area contributed by atoms with E-state index in [4.69, 9.17) is 4.74 Å². The predicted octanol–water partition coefficient (Wildman–Crippen LogP) is 3.85. The molecule has 2 aromatic carbocycles. The molecule has 2 aromatic heterocycles. The number of benzene rings is 2. The van der Waals surface area contributed by atoms with Crippen LogP contribution >= 0.6 is 11.3 Å². The Balaban J connectivity index is 1.69. The molecular formula is C23H19N3O4S. The van der Waals surface area contributed by atoms with Gasteiger partial charge in [-0.25, -0.2) is 9.78 Å². The van der Waals surface area contributed by atoms with E-state index in [0.29, 0.717) is 32.9 Å². The number of carbonyl (C=O) groups excluding carboxylic acids is 2. The zero-order valence-corrected chi connectivity index (χ0v) is 17.7. The van der Waals surface area contributed by atoms with Crippen LogP contribution in [0.15, 0.2) is 65.7 Å². The summed E-state index contributed by atoms with van der Waals surface area (Å²) in [7, 11) is 1.28. The number of carbonyl (C=O) groups is 2. The highest BCUT2D eigenvalue weighted by Crippen LogP contribution is 2.28. The number of nitrogens with one attached hydrogen (secondary N) is 1. The number of amides is 1. The summed E-state index contributed by atoms with van der Waals surface area (Å²) in [6.45, 7) is 2.13. The monoisotopic (exact) mass is 433 g/mol. The topological polar surface area (TPSA) is 90.3 Å². The SMILES string of the molecule is COC(=O)c1ccccc1NC(=O)c1sc2ncn(Cc3ccccc3)c(=O)c2c1C. The third-order valence-electron chi connectivity index (χ3n) is 4.90. The normalized spacial score (nSPS) is 10.8. The van der Waals surface area contributed by atoms with Gasteiger partial charge in [0.2, 0.25) is 0 Å². The highest BCUT2D eigenvalue weighted by atomic mass is 32.1. The molecule has 0 aliphatic heterocycles. The van der Waals surface area contributed by atoms with Gasteiger partial charge >= 0.3 is 5.97 Å². The quantitative estimate of drug-likeness (QED) is 0.483. The molecule has 7 nitrogen and oxygen atoms in total. The van der Waals surface area contributed by atoms with Crippen LogP contribution in [0.25, 0.3) is 10.2 Å². The summed E-state index contributed by atoms with van der Waals surface area (Å²) in [6, 6.07) is 16.2. The Morgan fingerprint density at radius 1 is 1.10 bits per heavy atom. The number of hydrogen-bond donors (Lipinski definition) is 1. The third-order valence-corrected chi connectivity index (χ3v) is 6.10. The molecule has 4 aromatic rings. The van der Waals surface area contributed by atoms with Gasteiger partial charge in [0.25, 0.3) is 11.5 Å². The van der Waals surface area contributed by atoms with Crippen molar-refractivity contribution in [2.45, 2.75) is 13.5 Å². The van der Waals surface area contributed by atoms with Crippen molar-refractivity contribution in [2.24, 2.45) is 0 Å². The lowest BCUT2D eigenvalue weighted by molar-refractivity contribution is 0.0602. The minimum atomic E-state index is -0.547. The molecule has 0 unspecified atom stereocenters. The van der Waals surface area contributed by atoms with Crippen LogP contribution < -0.4 is 10.9 Å². The first-order valence-electron chi connectivity index (χ1n) is 9.50. The van der Waals surface area contributed by atoms with Gasteiger partial charge in [-0.3, -0.25) is 14.2 Å². The van der Waals surface area contributed by atoms with E-state index >= 15 is 0 Å². The van der Waals surface area contributed by atoms with E-state index in [9.17, 15) is 14.4 Å². The first kappa shape index (κ1) is 20.5. The Hall–Kier alpha value is -3.78. The standard InChI is InChI=1S/C23H19N3O4S/c1-14-18-21(24-13-26(22(18)28)12-15-8-4-3-5-9-15)31-19(14)20(27)25-17-11-7-6-10-16(17)23(29)30-2/h3-11,13H,12H2,1-2H3,(H,25,27). The summed E-state index contributed by atoms with van der Waals surface area (Å²) in [5.74, 6) is -0.958. The van der Waals surface area contributed by atoms with E-state index in [-0.39, 0.29) is 11.1 Å². The molecule has 1 N–H and O–H groups in total. The summed E-state index contributed by atoms with van der Waals surface area (Å²) < 4.78 is 6.31. The highest BCUT2D eigenvalue weighted by molar-refractivity contribution is 7.20. The van der Waals surface area contributed by atoms with Crippen molar-refractivity contribution in [1.29, 1.82) is 0 Å². The van der Waals surface area contributed by atoms with Crippen molar-refractivity contribution in [3.05, 3.63) is 92.8 Å². The third kappa shape index (κ3) is 3.97. The first-order valence-corrected chi connectivity index (χ1v) is 10.3. The smallest absolute Gasteiger partial charge is 0.339 e. The van der Waals surface area contributed by atoms with Gasteiger partial charge in [0.15, 0.2) is 0 Å². The molecule has 0 fully saturated rings. The number of fused-ring (bicyclic) bond motifs is 1. The molecule has 4 rings (SSSR count). The molecule has 0 aliphatic carbocycles. The van der Waals surface area contributed by atoms with Gasteiger partial charge in [-0.2, -0.15) is 0 Å². The molecule has 0 saturated heterocycles. The second kappa shape index (κ2) is 8.53. The zero-order chi connectivity index (χ0) is 22.0. The predicted molar refractivity (Wildman–Crippen MR) is 120 cm³/mol. The Morgan fingerprint density at radius 3 is 2.55 bits per heavy atom. The average Bonchev–Trinajstić information content (AvgIpc) is 3.13. The van der Waals surface area contributed by atoms with Crippen LogP contribution in [-0.2, 0) is 11.3 Å². The number of para-hydroxylation sites is 1. The Morgan fingerprint density at radius 2 is 1.81 bits per heavy atom. The second-order valence-electron chi connectivity index (χ2n) is 6.89. The molecule has 0 aliphatic rings. The van der Waals surface area contributed by atoms with Crippen molar-refractivity contribution >= 4 is 39.1 Å². The van der Waals surface area contributed by atoms with Gasteiger partial charge in [-0.05, 0) is 30.2 Å². The van der Waals surface area contributed by atoms with Crippen LogP contribution in [0, 0.1) is 6.92 Å². The number of aryl methyl sites for hydroxylation is 1.